The van der Waals surface area contributed by atoms with Gasteiger partial charge in [0.15, 0.2) is 0 Å². The van der Waals surface area contributed by atoms with Gasteiger partial charge in [-0.1, -0.05) is 19.9 Å². The number of hydrogen-bond donors (Lipinski definition) is 2. The van der Waals surface area contributed by atoms with E-state index in [9.17, 15) is 14.0 Å². The van der Waals surface area contributed by atoms with Gasteiger partial charge in [-0.05, 0) is 55.7 Å². The van der Waals surface area contributed by atoms with E-state index in [1.807, 2.05) is 26.0 Å². The number of pyridine rings is 1. The zero-order valence-corrected chi connectivity index (χ0v) is 17.4. The van der Waals surface area contributed by atoms with Crippen LogP contribution in [0.25, 0.3) is 0 Å². The molecule has 29 heavy (non-hydrogen) atoms. The summed E-state index contributed by atoms with van der Waals surface area (Å²) >= 11 is 0. The van der Waals surface area contributed by atoms with Crippen molar-refractivity contribution in [2.45, 2.75) is 40.3 Å². The SMILES string of the molecule is CCN(CC)c1ccc(CNC(=O)C(NC(=O)c2ccc(F)cc2)C(C)C)cn1. The molecule has 2 amide bonds. The minimum Gasteiger partial charge on any atom is -0.357 e. The van der Waals surface area contributed by atoms with Gasteiger partial charge in [0.1, 0.15) is 17.7 Å². The normalized spacial score (nSPS) is 11.8. The van der Waals surface area contributed by atoms with Crippen LogP contribution >= 0.6 is 0 Å². The molecule has 0 saturated carbocycles. The Morgan fingerprint density at radius 1 is 1.07 bits per heavy atom. The molecular formula is C22H29FN4O2. The van der Waals surface area contributed by atoms with E-state index in [0.29, 0.717) is 12.1 Å². The van der Waals surface area contributed by atoms with Gasteiger partial charge in [0.05, 0.1) is 0 Å². The third-order valence-electron chi connectivity index (χ3n) is 4.71. The van der Waals surface area contributed by atoms with Crippen LogP contribution in [0.3, 0.4) is 0 Å². The average molecular weight is 400 g/mol. The third-order valence-corrected chi connectivity index (χ3v) is 4.71. The lowest BCUT2D eigenvalue weighted by atomic mass is 10.0. The standard InChI is InChI=1S/C22H29FN4O2/c1-5-27(6-2)19-12-7-16(13-24-19)14-25-22(29)20(15(3)4)26-21(28)17-8-10-18(23)11-9-17/h7-13,15,20H,5-6,14H2,1-4H3,(H,25,29)(H,26,28). The largest absolute Gasteiger partial charge is 0.357 e. The molecule has 0 saturated heterocycles. The summed E-state index contributed by atoms with van der Waals surface area (Å²) in [6.45, 7) is 9.94. The smallest absolute Gasteiger partial charge is 0.251 e. The molecule has 1 aromatic carbocycles. The highest BCUT2D eigenvalue weighted by molar-refractivity contribution is 5.97. The maximum atomic E-state index is 13.0. The molecule has 0 aliphatic rings. The van der Waals surface area contributed by atoms with Crippen molar-refractivity contribution in [1.82, 2.24) is 15.6 Å². The Morgan fingerprint density at radius 3 is 2.24 bits per heavy atom. The van der Waals surface area contributed by atoms with Gasteiger partial charge < -0.3 is 15.5 Å². The van der Waals surface area contributed by atoms with Crippen molar-refractivity contribution in [3.8, 4) is 0 Å². The molecule has 1 heterocycles. The fourth-order valence-corrected chi connectivity index (χ4v) is 2.92. The predicted molar refractivity (Wildman–Crippen MR) is 112 cm³/mol. The van der Waals surface area contributed by atoms with Crippen LogP contribution in [0.2, 0.25) is 0 Å². The Kier molecular flexibility index (Phi) is 8.12. The molecular weight excluding hydrogens is 371 g/mol. The summed E-state index contributed by atoms with van der Waals surface area (Å²) in [6.07, 6.45) is 1.75. The van der Waals surface area contributed by atoms with Crippen molar-refractivity contribution < 1.29 is 14.0 Å². The summed E-state index contributed by atoms with van der Waals surface area (Å²) in [6, 6.07) is 8.39. The molecule has 1 atom stereocenters. The Bertz CT molecular complexity index is 803. The van der Waals surface area contributed by atoms with Crippen LogP contribution in [-0.2, 0) is 11.3 Å². The van der Waals surface area contributed by atoms with E-state index in [0.717, 1.165) is 24.5 Å². The maximum absolute atomic E-state index is 13.0. The van der Waals surface area contributed by atoms with Gasteiger partial charge >= 0.3 is 0 Å². The molecule has 2 N–H and O–H groups in total. The van der Waals surface area contributed by atoms with Crippen LogP contribution in [-0.4, -0.2) is 35.9 Å². The summed E-state index contributed by atoms with van der Waals surface area (Å²) in [5, 5.41) is 5.59. The maximum Gasteiger partial charge on any atom is 0.251 e. The number of carbonyl (C=O) groups excluding carboxylic acids is 2. The number of halogens is 1. The Morgan fingerprint density at radius 2 is 1.72 bits per heavy atom. The summed E-state index contributed by atoms with van der Waals surface area (Å²) in [7, 11) is 0. The summed E-state index contributed by atoms with van der Waals surface area (Å²) in [5.74, 6) is -0.313. The summed E-state index contributed by atoms with van der Waals surface area (Å²) < 4.78 is 13.0. The summed E-state index contributed by atoms with van der Waals surface area (Å²) in [5.41, 5.74) is 1.18. The minimum atomic E-state index is -0.699. The van der Waals surface area contributed by atoms with Gasteiger partial charge in [-0.25, -0.2) is 9.37 Å². The first kappa shape index (κ1) is 22.3. The molecule has 0 radical (unpaired) electrons. The van der Waals surface area contributed by atoms with Crippen molar-refractivity contribution in [1.29, 1.82) is 0 Å². The zero-order chi connectivity index (χ0) is 21.4. The van der Waals surface area contributed by atoms with E-state index in [4.69, 9.17) is 0 Å². The van der Waals surface area contributed by atoms with Gasteiger partial charge in [-0.3, -0.25) is 9.59 Å². The summed E-state index contributed by atoms with van der Waals surface area (Å²) in [4.78, 5) is 31.6. The lowest BCUT2D eigenvalue weighted by molar-refractivity contribution is -0.124. The second kappa shape index (κ2) is 10.5. The van der Waals surface area contributed by atoms with Crippen molar-refractivity contribution in [3.63, 3.8) is 0 Å². The lowest BCUT2D eigenvalue weighted by Gasteiger charge is -2.22. The number of anilines is 1. The second-order valence-corrected chi connectivity index (χ2v) is 7.12. The van der Waals surface area contributed by atoms with Crippen LogP contribution in [0.5, 0.6) is 0 Å². The van der Waals surface area contributed by atoms with E-state index in [1.54, 1.807) is 6.20 Å². The second-order valence-electron chi connectivity index (χ2n) is 7.12. The van der Waals surface area contributed by atoms with Crippen LogP contribution in [0.1, 0.15) is 43.6 Å². The fourth-order valence-electron chi connectivity index (χ4n) is 2.92. The first-order chi connectivity index (χ1) is 13.8. The molecule has 6 nitrogen and oxygen atoms in total. The molecule has 7 heteroatoms. The Balaban J connectivity index is 1.97. The van der Waals surface area contributed by atoms with Crippen LogP contribution in [0.4, 0.5) is 10.2 Å². The van der Waals surface area contributed by atoms with Crippen molar-refractivity contribution in [2.24, 2.45) is 5.92 Å². The average Bonchev–Trinajstić information content (AvgIpc) is 2.72. The first-order valence-corrected chi connectivity index (χ1v) is 9.89. The highest BCUT2D eigenvalue weighted by atomic mass is 19.1. The van der Waals surface area contributed by atoms with Gasteiger partial charge in [0.2, 0.25) is 5.91 Å². The zero-order valence-electron chi connectivity index (χ0n) is 17.4. The highest BCUT2D eigenvalue weighted by Gasteiger charge is 2.24. The van der Waals surface area contributed by atoms with E-state index in [2.05, 4.69) is 34.4 Å². The van der Waals surface area contributed by atoms with E-state index in [-0.39, 0.29) is 11.8 Å². The molecule has 0 fully saturated rings. The quantitative estimate of drug-likeness (QED) is 0.678. The number of hydrogen-bond acceptors (Lipinski definition) is 4. The van der Waals surface area contributed by atoms with Gasteiger partial charge in [-0.15, -0.1) is 0 Å². The van der Waals surface area contributed by atoms with Gasteiger partial charge in [0, 0.05) is 31.4 Å². The van der Waals surface area contributed by atoms with Crippen LogP contribution in [0, 0.1) is 11.7 Å². The lowest BCUT2D eigenvalue weighted by Crippen LogP contribution is -2.49. The number of carbonyl (C=O) groups is 2. The number of amides is 2. The van der Waals surface area contributed by atoms with Crippen LogP contribution < -0.4 is 15.5 Å². The molecule has 0 spiro atoms. The monoisotopic (exact) mass is 400 g/mol. The van der Waals surface area contributed by atoms with Crippen molar-refractivity contribution >= 4 is 17.6 Å². The predicted octanol–water partition coefficient (Wildman–Crippen LogP) is 3.14. The van der Waals surface area contributed by atoms with Gasteiger partial charge in [-0.2, -0.15) is 0 Å². The molecule has 2 rings (SSSR count). The van der Waals surface area contributed by atoms with E-state index < -0.39 is 17.8 Å². The molecule has 0 bridgehead atoms. The molecule has 0 aliphatic heterocycles. The molecule has 156 valence electrons. The van der Waals surface area contributed by atoms with E-state index in [1.165, 1.54) is 24.3 Å². The van der Waals surface area contributed by atoms with Gasteiger partial charge in [0.25, 0.3) is 5.91 Å². The number of benzene rings is 1. The van der Waals surface area contributed by atoms with Crippen molar-refractivity contribution in [3.05, 3.63) is 59.5 Å². The number of nitrogens with zero attached hydrogens (tertiary/aromatic N) is 2. The topological polar surface area (TPSA) is 74.3 Å². The molecule has 0 aliphatic carbocycles. The number of nitrogens with one attached hydrogen (secondary N) is 2. The van der Waals surface area contributed by atoms with Crippen molar-refractivity contribution in [2.75, 3.05) is 18.0 Å². The third kappa shape index (κ3) is 6.27. The fraction of sp³-hybridized carbons (Fsp3) is 0.409. The minimum absolute atomic E-state index is 0.109. The Hall–Kier alpha value is -2.96. The Labute approximate surface area is 171 Å². The highest BCUT2D eigenvalue weighted by Crippen LogP contribution is 2.11. The number of aromatic nitrogens is 1. The van der Waals surface area contributed by atoms with E-state index >= 15 is 0 Å². The first-order valence-electron chi connectivity index (χ1n) is 9.89. The molecule has 1 unspecified atom stereocenters. The van der Waals surface area contributed by atoms with Crippen LogP contribution in [0.15, 0.2) is 42.6 Å². The molecule has 2 aromatic rings. The number of rotatable bonds is 9. The molecule has 1 aromatic heterocycles.